The lowest BCUT2D eigenvalue weighted by Gasteiger charge is -2.28. The number of hydrogen-bond acceptors (Lipinski definition) is 4. The fourth-order valence-corrected chi connectivity index (χ4v) is 4.31. The number of carbonyl (C=O) groups excluding carboxylic acids is 1. The summed E-state index contributed by atoms with van der Waals surface area (Å²) in [5.74, 6) is -0.856. The van der Waals surface area contributed by atoms with Crippen LogP contribution in [0.1, 0.15) is 33.8 Å². The molecule has 5 rings (SSSR count). The molecule has 0 atom stereocenters. The van der Waals surface area contributed by atoms with Gasteiger partial charge in [0.25, 0.3) is 0 Å². The molecule has 29 heavy (non-hydrogen) atoms. The zero-order valence-corrected chi connectivity index (χ0v) is 15.6. The van der Waals surface area contributed by atoms with Crippen LogP contribution in [0.4, 0.5) is 10.6 Å². The van der Waals surface area contributed by atoms with E-state index in [1.165, 1.54) is 11.1 Å². The van der Waals surface area contributed by atoms with Crippen LogP contribution in [-0.4, -0.2) is 40.1 Å². The van der Waals surface area contributed by atoms with E-state index in [-0.39, 0.29) is 18.1 Å². The predicted molar refractivity (Wildman–Crippen MR) is 106 cm³/mol. The van der Waals surface area contributed by atoms with Gasteiger partial charge >= 0.3 is 12.1 Å². The molecule has 1 N–H and O–H groups in total. The van der Waals surface area contributed by atoms with E-state index in [0.717, 1.165) is 22.3 Å². The van der Waals surface area contributed by atoms with Crippen molar-refractivity contribution < 1.29 is 19.4 Å². The Morgan fingerprint density at radius 2 is 1.69 bits per heavy atom. The van der Waals surface area contributed by atoms with Crippen molar-refractivity contribution in [3.63, 3.8) is 0 Å². The molecule has 1 aromatic heterocycles. The summed E-state index contributed by atoms with van der Waals surface area (Å²) >= 11 is 0. The normalized spacial score (nSPS) is 14.8. The molecule has 1 amide bonds. The molecule has 0 fully saturated rings. The summed E-state index contributed by atoms with van der Waals surface area (Å²) in [5.41, 5.74) is 4.60. The minimum Gasteiger partial charge on any atom is -0.477 e. The van der Waals surface area contributed by atoms with Crippen molar-refractivity contribution in [2.75, 3.05) is 18.1 Å². The number of fused-ring (bicyclic) bond motifs is 4. The maximum atomic E-state index is 12.9. The maximum Gasteiger partial charge on any atom is 0.415 e. The van der Waals surface area contributed by atoms with Gasteiger partial charge in [-0.2, -0.15) is 5.10 Å². The zero-order valence-electron chi connectivity index (χ0n) is 15.6. The molecule has 7 heteroatoms. The molecule has 0 saturated carbocycles. The average Bonchev–Trinajstić information content (AvgIpc) is 3.32. The van der Waals surface area contributed by atoms with Crippen LogP contribution in [0, 0.1) is 0 Å². The third-order valence-electron chi connectivity index (χ3n) is 5.61. The molecule has 1 aliphatic carbocycles. The first kappa shape index (κ1) is 17.5. The van der Waals surface area contributed by atoms with Crippen molar-refractivity contribution >= 4 is 17.9 Å². The number of anilines is 1. The Bertz CT molecular complexity index is 1080. The molecule has 1 aliphatic heterocycles. The van der Waals surface area contributed by atoms with E-state index in [1.54, 1.807) is 4.68 Å². The summed E-state index contributed by atoms with van der Waals surface area (Å²) < 4.78 is 7.24. The molecule has 0 unspecified atom stereocenters. The summed E-state index contributed by atoms with van der Waals surface area (Å²) in [6.07, 6.45) is 1.43. The molecular weight excluding hydrogens is 370 g/mol. The van der Waals surface area contributed by atoms with Crippen molar-refractivity contribution in [2.45, 2.75) is 18.9 Å². The summed E-state index contributed by atoms with van der Waals surface area (Å²) in [6, 6.07) is 16.3. The van der Waals surface area contributed by atoms with E-state index in [1.807, 2.05) is 24.3 Å². The number of carbonyl (C=O) groups is 2. The average molecular weight is 389 g/mol. The monoisotopic (exact) mass is 389 g/mol. The number of benzene rings is 2. The summed E-state index contributed by atoms with van der Waals surface area (Å²) in [5, 5.41) is 13.5. The molecule has 3 aromatic rings. The molecule has 146 valence electrons. The Kier molecular flexibility index (Phi) is 4.08. The standard InChI is InChI=1S/C22H19N3O4/c26-21(27)18-12-23-25-11-5-10-24(20(18)25)22(28)29-13-19-16-8-3-1-6-14(16)15-7-2-4-9-17(15)19/h1-4,6-9,12,19H,5,10-11,13H2,(H,26,27). The van der Waals surface area contributed by atoms with E-state index in [4.69, 9.17) is 4.74 Å². The fraction of sp³-hybridized carbons (Fsp3) is 0.227. The van der Waals surface area contributed by atoms with E-state index >= 15 is 0 Å². The van der Waals surface area contributed by atoms with Crippen LogP contribution in [0.25, 0.3) is 11.1 Å². The van der Waals surface area contributed by atoms with Gasteiger partial charge in [-0.15, -0.1) is 0 Å². The van der Waals surface area contributed by atoms with Gasteiger partial charge in [0, 0.05) is 19.0 Å². The molecule has 7 nitrogen and oxygen atoms in total. The van der Waals surface area contributed by atoms with Crippen LogP contribution in [0.2, 0.25) is 0 Å². The molecule has 0 saturated heterocycles. The maximum absolute atomic E-state index is 12.9. The van der Waals surface area contributed by atoms with Gasteiger partial charge in [-0.3, -0.25) is 4.90 Å². The van der Waals surface area contributed by atoms with Crippen LogP contribution in [-0.2, 0) is 11.3 Å². The summed E-state index contributed by atoms with van der Waals surface area (Å²) in [6.45, 7) is 1.18. The van der Waals surface area contributed by atoms with Crippen LogP contribution in [0.5, 0.6) is 0 Å². The van der Waals surface area contributed by atoms with Crippen LogP contribution < -0.4 is 4.90 Å². The number of nitrogens with zero attached hydrogens (tertiary/aromatic N) is 3. The molecular formula is C22H19N3O4. The number of aromatic carboxylic acids is 1. The van der Waals surface area contributed by atoms with Gasteiger partial charge in [-0.25, -0.2) is 14.3 Å². The Balaban J connectivity index is 1.40. The Morgan fingerprint density at radius 3 is 2.34 bits per heavy atom. The highest BCUT2D eigenvalue weighted by Gasteiger charge is 2.33. The first-order valence-corrected chi connectivity index (χ1v) is 9.57. The molecule has 0 spiro atoms. The molecule has 2 aromatic carbocycles. The van der Waals surface area contributed by atoms with Crippen molar-refractivity contribution in [2.24, 2.45) is 0 Å². The lowest BCUT2D eigenvalue weighted by molar-refractivity contribution is 0.0697. The minimum absolute atomic E-state index is 0.0122. The lowest BCUT2D eigenvalue weighted by Crippen LogP contribution is -2.39. The molecule has 0 radical (unpaired) electrons. The topological polar surface area (TPSA) is 84.7 Å². The predicted octanol–water partition coefficient (Wildman–Crippen LogP) is 3.74. The van der Waals surface area contributed by atoms with E-state index < -0.39 is 12.1 Å². The van der Waals surface area contributed by atoms with Gasteiger partial charge in [0.1, 0.15) is 12.2 Å². The number of aromatic nitrogens is 2. The van der Waals surface area contributed by atoms with Crippen molar-refractivity contribution in [3.8, 4) is 11.1 Å². The quantitative estimate of drug-likeness (QED) is 0.738. The first-order valence-electron chi connectivity index (χ1n) is 9.57. The second kappa shape index (κ2) is 6.77. The van der Waals surface area contributed by atoms with Crippen LogP contribution in [0.15, 0.2) is 54.7 Å². The van der Waals surface area contributed by atoms with Gasteiger partial charge < -0.3 is 9.84 Å². The third kappa shape index (κ3) is 2.77. The molecule has 2 aliphatic rings. The molecule has 2 heterocycles. The number of hydrogen-bond donors (Lipinski definition) is 1. The number of amides is 1. The number of rotatable bonds is 3. The lowest BCUT2D eigenvalue weighted by atomic mass is 9.98. The minimum atomic E-state index is -1.11. The Labute approximate surface area is 167 Å². The second-order valence-electron chi connectivity index (χ2n) is 7.22. The summed E-state index contributed by atoms with van der Waals surface area (Å²) in [4.78, 5) is 25.8. The van der Waals surface area contributed by atoms with Crippen molar-refractivity contribution in [1.29, 1.82) is 0 Å². The molecule has 0 bridgehead atoms. The van der Waals surface area contributed by atoms with Gasteiger partial charge in [0.15, 0.2) is 5.82 Å². The highest BCUT2D eigenvalue weighted by atomic mass is 16.6. The number of carboxylic acid groups (broad SMARTS) is 1. The van der Waals surface area contributed by atoms with Gasteiger partial charge in [0.2, 0.25) is 0 Å². The smallest absolute Gasteiger partial charge is 0.415 e. The van der Waals surface area contributed by atoms with E-state index in [2.05, 4.69) is 29.4 Å². The summed E-state index contributed by atoms with van der Waals surface area (Å²) in [7, 11) is 0. The largest absolute Gasteiger partial charge is 0.477 e. The highest BCUT2D eigenvalue weighted by molar-refractivity contribution is 5.98. The number of carboxylic acids is 1. The second-order valence-corrected chi connectivity index (χ2v) is 7.22. The van der Waals surface area contributed by atoms with Gasteiger partial charge in [-0.1, -0.05) is 48.5 Å². The fourth-order valence-electron chi connectivity index (χ4n) is 4.31. The van der Waals surface area contributed by atoms with Crippen LogP contribution >= 0.6 is 0 Å². The Morgan fingerprint density at radius 1 is 1.03 bits per heavy atom. The van der Waals surface area contributed by atoms with Gasteiger partial charge in [-0.05, 0) is 28.7 Å². The van der Waals surface area contributed by atoms with Gasteiger partial charge in [0.05, 0.1) is 6.20 Å². The zero-order chi connectivity index (χ0) is 20.0. The highest BCUT2D eigenvalue weighted by Crippen LogP contribution is 2.44. The van der Waals surface area contributed by atoms with E-state index in [9.17, 15) is 14.7 Å². The van der Waals surface area contributed by atoms with Crippen molar-refractivity contribution in [3.05, 3.63) is 71.4 Å². The first-order chi connectivity index (χ1) is 14.1. The third-order valence-corrected chi connectivity index (χ3v) is 5.61. The Hall–Kier alpha value is -3.61. The number of aryl methyl sites for hydroxylation is 1. The SMILES string of the molecule is O=C(O)c1cnn2c1N(C(=O)OCC1c3ccccc3-c3ccccc31)CCC2. The van der Waals surface area contributed by atoms with E-state index in [0.29, 0.717) is 25.3 Å². The van der Waals surface area contributed by atoms with Crippen LogP contribution in [0.3, 0.4) is 0 Å². The number of ether oxygens (including phenoxy) is 1. The van der Waals surface area contributed by atoms with Crippen molar-refractivity contribution in [1.82, 2.24) is 9.78 Å².